The fraction of sp³-hybridized carbons (Fsp3) is 0.353. The molecule has 0 fully saturated rings. The van der Waals surface area contributed by atoms with Crippen LogP contribution in [0.5, 0.6) is 0 Å². The Morgan fingerprint density at radius 3 is 2.50 bits per heavy atom. The van der Waals surface area contributed by atoms with E-state index in [9.17, 15) is 9.59 Å². The number of hydrogen-bond acceptors (Lipinski definition) is 4. The van der Waals surface area contributed by atoms with Crippen LogP contribution >= 0.6 is 12.2 Å². The molecule has 0 saturated carbocycles. The first-order valence-corrected chi connectivity index (χ1v) is 8.05. The number of ether oxygens (including phenoxy) is 1. The van der Waals surface area contributed by atoms with E-state index in [1.165, 1.54) is 6.92 Å². The van der Waals surface area contributed by atoms with Gasteiger partial charge in [0.1, 0.15) is 0 Å². The third-order valence-electron chi connectivity index (χ3n) is 3.81. The number of thiocarbonyl (C=S) groups is 1. The summed E-state index contributed by atoms with van der Waals surface area (Å²) in [4.78, 5) is 25.3. The molecule has 1 aromatic carbocycles. The predicted octanol–water partition coefficient (Wildman–Crippen LogP) is 2.34. The minimum atomic E-state index is -0.390. The van der Waals surface area contributed by atoms with Crippen LogP contribution in [0.2, 0.25) is 0 Å². The van der Waals surface area contributed by atoms with Gasteiger partial charge in [-0.2, -0.15) is 0 Å². The van der Waals surface area contributed by atoms with E-state index >= 15 is 0 Å². The summed E-state index contributed by atoms with van der Waals surface area (Å²) in [6.45, 7) is 5.38. The second-order valence-corrected chi connectivity index (χ2v) is 5.85. The lowest BCUT2D eigenvalue weighted by molar-refractivity contribution is -0.139. The van der Waals surface area contributed by atoms with Gasteiger partial charge in [0.25, 0.3) is 0 Å². The van der Waals surface area contributed by atoms with Crippen molar-refractivity contribution in [3.63, 3.8) is 0 Å². The van der Waals surface area contributed by atoms with Crippen LogP contribution in [-0.2, 0) is 14.3 Å². The molecule has 1 aliphatic rings. The molecule has 0 unspecified atom stereocenters. The van der Waals surface area contributed by atoms with Gasteiger partial charge in [0.05, 0.1) is 18.2 Å². The summed E-state index contributed by atoms with van der Waals surface area (Å²) < 4.78 is 5.20. The Bertz CT molecular complexity index is 698. The van der Waals surface area contributed by atoms with Crippen molar-refractivity contribution in [2.45, 2.75) is 26.8 Å². The molecule has 0 radical (unpaired) electrons. The number of anilines is 1. The monoisotopic (exact) mass is 347 g/mol. The number of carbonyl (C=O) groups is 2. The molecule has 0 bridgehead atoms. The van der Waals surface area contributed by atoms with E-state index in [-0.39, 0.29) is 17.9 Å². The lowest BCUT2D eigenvalue weighted by Gasteiger charge is -2.35. The van der Waals surface area contributed by atoms with Gasteiger partial charge in [0, 0.05) is 25.4 Å². The molecule has 0 spiro atoms. The molecule has 1 aliphatic heterocycles. The highest BCUT2D eigenvalue weighted by Crippen LogP contribution is 2.31. The van der Waals surface area contributed by atoms with Gasteiger partial charge in [-0.15, -0.1) is 0 Å². The fourth-order valence-corrected chi connectivity index (χ4v) is 2.78. The quantitative estimate of drug-likeness (QED) is 0.644. The van der Waals surface area contributed by atoms with Gasteiger partial charge in [0.2, 0.25) is 5.91 Å². The summed E-state index contributed by atoms with van der Waals surface area (Å²) in [5, 5.41) is 6.43. The van der Waals surface area contributed by atoms with Gasteiger partial charge in [0.15, 0.2) is 5.11 Å². The Balaban J connectivity index is 2.40. The van der Waals surface area contributed by atoms with E-state index in [1.54, 1.807) is 31.0 Å². The standard InChI is InChI=1S/C17H21N3O3S/c1-5-23-16(22)14-10(2)20(4)17(24)19-15(14)12-6-8-13(9-7-12)18-11(3)21/h6-9,15H,5H2,1-4H3,(H,18,21)(H,19,24)/t15-/m0/s1. The van der Waals surface area contributed by atoms with Crippen LogP contribution in [0, 0.1) is 0 Å². The number of benzene rings is 1. The van der Waals surface area contributed by atoms with Gasteiger partial charge in [-0.1, -0.05) is 12.1 Å². The molecule has 24 heavy (non-hydrogen) atoms. The summed E-state index contributed by atoms with van der Waals surface area (Å²) in [6.07, 6.45) is 0. The number of carbonyl (C=O) groups excluding carboxylic acids is 2. The lowest BCUT2D eigenvalue weighted by Crippen LogP contribution is -2.46. The lowest BCUT2D eigenvalue weighted by atomic mass is 9.95. The van der Waals surface area contributed by atoms with Crippen molar-refractivity contribution < 1.29 is 14.3 Å². The van der Waals surface area contributed by atoms with Crippen LogP contribution in [0.3, 0.4) is 0 Å². The number of rotatable bonds is 4. The van der Waals surface area contributed by atoms with Crippen molar-refractivity contribution in [3.8, 4) is 0 Å². The first-order valence-electron chi connectivity index (χ1n) is 7.64. The van der Waals surface area contributed by atoms with E-state index in [4.69, 9.17) is 17.0 Å². The maximum atomic E-state index is 12.4. The second-order valence-electron chi connectivity index (χ2n) is 5.46. The number of hydrogen-bond donors (Lipinski definition) is 2. The minimum Gasteiger partial charge on any atom is -0.463 e. The Labute approximate surface area is 146 Å². The van der Waals surface area contributed by atoms with E-state index in [0.717, 1.165) is 11.3 Å². The van der Waals surface area contributed by atoms with Crippen LogP contribution in [-0.4, -0.2) is 35.5 Å². The van der Waals surface area contributed by atoms with E-state index < -0.39 is 0 Å². The van der Waals surface area contributed by atoms with Gasteiger partial charge >= 0.3 is 5.97 Å². The summed E-state index contributed by atoms with van der Waals surface area (Å²) in [7, 11) is 1.81. The number of esters is 1. The second kappa shape index (κ2) is 7.44. The molecule has 0 aromatic heterocycles. The molecule has 0 saturated heterocycles. The van der Waals surface area contributed by atoms with Crippen LogP contribution < -0.4 is 10.6 Å². The smallest absolute Gasteiger partial charge is 0.338 e. The Hall–Kier alpha value is -2.41. The van der Waals surface area contributed by atoms with Crippen LogP contribution in [0.1, 0.15) is 32.4 Å². The molecule has 2 rings (SSSR count). The Kier molecular flexibility index (Phi) is 5.56. The predicted molar refractivity (Wildman–Crippen MR) is 96.3 cm³/mol. The third kappa shape index (κ3) is 3.73. The Morgan fingerprint density at radius 2 is 1.96 bits per heavy atom. The highest BCUT2D eigenvalue weighted by molar-refractivity contribution is 7.80. The van der Waals surface area contributed by atoms with Gasteiger partial charge in [-0.25, -0.2) is 4.79 Å². The summed E-state index contributed by atoms with van der Waals surface area (Å²) in [6, 6.07) is 6.89. The van der Waals surface area contributed by atoms with Gasteiger partial charge in [-0.05, 0) is 43.8 Å². The molecule has 7 heteroatoms. The zero-order valence-electron chi connectivity index (χ0n) is 14.2. The minimum absolute atomic E-state index is 0.135. The molecule has 1 heterocycles. The average Bonchev–Trinajstić information content (AvgIpc) is 2.52. The van der Waals surface area contributed by atoms with Crippen molar-refractivity contribution in [1.82, 2.24) is 10.2 Å². The van der Waals surface area contributed by atoms with Gasteiger partial charge in [-0.3, -0.25) is 4.79 Å². The summed E-state index contributed by atoms with van der Waals surface area (Å²) >= 11 is 5.34. The number of nitrogens with one attached hydrogen (secondary N) is 2. The highest BCUT2D eigenvalue weighted by atomic mass is 32.1. The first kappa shape index (κ1) is 17.9. The molecule has 128 valence electrons. The number of nitrogens with zero attached hydrogens (tertiary/aromatic N) is 1. The first-order chi connectivity index (χ1) is 11.3. The fourth-order valence-electron chi connectivity index (χ4n) is 2.52. The van der Waals surface area contributed by atoms with Crippen molar-refractivity contribution in [2.24, 2.45) is 0 Å². The molecule has 0 aliphatic carbocycles. The topological polar surface area (TPSA) is 70.7 Å². The zero-order chi connectivity index (χ0) is 17.9. The molecule has 1 atom stereocenters. The van der Waals surface area contributed by atoms with Crippen molar-refractivity contribution >= 4 is 34.9 Å². The van der Waals surface area contributed by atoms with Crippen LogP contribution in [0.25, 0.3) is 0 Å². The molecule has 1 amide bonds. The number of allylic oxidation sites excluding steroid dienone is 1. The largest absolute Gasteiger partial charge is 0.463 e. The summed E-state index contributed by atoms with van der Waals surface area (Å²) in [5.41, 5.74) is 2.84. The molecular weight excluding hydrogens is 326 g/mol. The number of amides is 1. The van der Waals surface area contributed by atoms with E-state index in [2.05, 4.69) is 10.6 Å². The molecule has 2 N–H and O–H groups in total. The van der Waals surface area contributed by atoms with E-state index in [0.29, 0.717) is 23.0 Å². The average molecular weight is 347 g/mol. The Morgan fingerprint density at radius 1 is 1.33 bits per heavy atom. The molecular formula is C17H21N3O3S. The highest BCUT2D eigenvalue weighted by Gasteiger charge is 2.33. The normalized spacial score (nSPS) is 17.4. The third-order valence-corrected chi connectivity index (χ3v) is 4.21. The SMILES string of the molecule is CCOC(=O)C1=C(C)N(C)C(=S)N[C@H]1c1ccc(NC(C)=O)cc1. The maximum absolute atomic E-state index is 12.4. The van der Waals surface area contributed by atoms with Crippen molar-refractivity contribution in [1.29, 1.82) is 0 Å². The zero-order valence-corrected chi connectivity index (χ0v) is 15.0. The van der Waals surface area contributed by atoms with E-state index in [1.807, 2.05) is 19.1 Å². The molecule has 6 nitrogen and oxygen atoms in total. The van der Waals surface area contributed by atoms with Crippen molar-refractivity contribution in [3.05, 3.63) is 41.1 Å². The van der Waals surface area contributed by atoms with Crippen molar-refractivity contribution in [2.75, 3.05) is 19.0 Å². The van der Waals surface area contributed by atoms with Gasteiger partial charge < -0.3 is 20.3 Å². The molecule has 1 aromatic rings. The van der Waals surface area contributed by atoms with Crippen LogP contribution in [0.4, 0.5) is 5.69 Å². The summed E-state index contributed by atoms with van der Waals surface area (Å²) in [5.74, 6) is -0.503. The maximum Gasteiger partial charge on any atom is 0.338 e. The van der Waals surface area contributed by atoms with Crippen LogP contribution in [0.15, 0.2) is 35.5 Å².